The molecule has 0 bridgehead atoms. The van der Waals surface area contributed by atoms with Gasteiger partial charge in [-0.2, -0.15) is 0 Å². The third kappa shape index (κ3) is 5.26. The van der Waals surface area contributed by atoms with Gasteiger partial charge in [0.1, 0.15) is 0 Å². The van der Waals surface area contributed by atoms with Gasteiger partial charge >= 0.3 is 6.03 Å². The first-order valence-electron chi connectivity index (χ1n) is 9.93. The number of benzene rings is 2. The van der Waals surface area contributed by atoms with E-state index in [9.17, 15) is 18.0 Å². The van der Waals surface area contributed by atoms with Crippen molar-refractivity contribution in [3.63, 3.8) is 0 Å². The van der Waals surface area contributed by atoms with Crippen LogP contribution in [0.1, 0.15) is 23.2 Å². The lowest BCUT2D eigenvalue weighted by molar-refractivity contribution is 0.0967. The molecule has 1 fully saturated rings. The molecule has 1 aliphatic carbocycles. The number of imide groups is 1. The number of nitrogens with one attached hydrogen (secondary N) is 2. The van der Waals surface area contributed by atoms with E-state index in [0.717, 1.165) is 24.2 Å². The quantitative estimate of drug-likeness (QED) is 0.519. The average molecular weight is 493 g/mol. The van der Waals surface area contributed by atoms with Gasteiger partial charge in [0.2, 0.25) is 0 Å². The topological polar surface area (TPSA) is 108 Å². The van der Waals surface area contributed by atoms with Crippen LogP contribution in [-0.4, -0.2) is 55.6 Å². The van der Waals surface area contributed by atoms with Crippen molar-refractivity contribution in [2.24, 2.45) is 0 Å². The Hall–Kier alpha value is -2.53. The standard InChI is InChI=1S/C21H21ClN4O4S2/c1-26(13-6-7-13)10-11-32(29,30)14-8-9-17-18(12-14)31-21(23-17)25-20(28)24-19(27)15-4-2-3-5-16(15)22/h2-5,8-9,12-13H,6-7,10-11H2,1H3,(H2,23,24,25,27,28). The molecule has 4 rings (SSSR count). The van der Waals surface area contributed by atoms with Crippen LogP contribution in [0.25, 0.3) is 10.2 Å². The van der Waals surface area contributed by atoms with Crippen molar-refractivity contribution in [1.82, 2.24) is 15.2 Å². The number of carbonyl (C=O) groups excluding carboxylic acids is 2. The molecule has 0 saturated heterocycles. The molecule has 0 unspecified atom stereocenters. The molecule has 32 heavy (non-hydrogen) atoms. The Labute approximate surface area is 194 Å². The zero-order valence-electron chi connectivity index (χ0n) is 17.2. The summed E-state index contributed by atoms with van der Waals surface area (Å²) in [6.45, 7) is 0.486. The van der Waals surface area contributed by atoms with Crippen LogP contribution in [0.2, 0.25) is 5.02 Å². The van der Waals surface area contributed by atoms with Crippen LogP contribution in [0.3, 0.4) is 0 Å². The number of rotatable bonds is 7. The highest BCUT2D eigenvalue weighted by Crippen LogP contribution is 2.29. The fourth-order valence-corrected chi connectivity index (χ4v) is 5.71. The third-order valence-electron chi connectivity index (χ3n) is 5.17. The van der Waals surface area contributed by atoms with Gasteiger partial charge < -0.3 is 4.90 Å². The lowest BCUT2D eigenvalue weighted by atomic mass is 10.2. The lowest BCUT2D eigenvalue weighted by Gasteiger charge is -2.15. The third-order valence-corrected chi connectivity index (χ3v) is 8.12. The second kappa shape index (κ2) is 9.14. The summed E-state index contributed by atoms with van der Waals surface area (Å²) in [4.78, 5) is 31.0. The second-order valence-corrected chi connectivity index (χ2v) is 11.1. The van der Waals surface area contributed by atoms with Crippen LogP contribution in [0, 0.1) is 0 Å². The van der Waals surface area contributed by atoms with E-state index in [-0.39, 0.29) is 26.4 Å². The molecule has 3 aromatic rings. The number of carbonyl (C=O) groups is 2. The molecule has 11 heteroatoms. The van der Waals surface area contributed by atoms with Crippen molar-refractivity contribution >= 4 is 60.1 Å². The molecule has 1 saturated carbocycles. The van der Waals surface area contributed by atoms with Crippen molar-refractivity contribution in [1.29, 1.82) is 0 Å². The Morgan fingerprint density at radius 2 is 1.97 bits per heavy atom. The van der Waals surface area contributed by atoms with E-state index in [0.29, 0.717) is 22.8 Å². The zero-order valence-corrected chi connectivity index (χ0v) is 19.6. The first kappa shape index (κ1) is 22.7. The fraction of sp³-hybridized carbons (Fsp3) is 0.286. The number of halogens is 1. The molecule has 8 nitrogen and oxygen atoms in total. The summed E-state index contributed by atoms with van der Waals surface area (Å²) in [6, 6.07) is 10.8. The molecule has 3 amide bonds. The zero-order chi connectivity index (χ0) is 22.9. The molecule has 168 valence electrons. The van der Waals surface area contributed by atoms with Crippen molar-refractivity contribution in [3.8, 4) is 0 Å². The number of aromatic nitrogens is 1. The van der Waals surface area contributed by atoms with Crippen LogP contribution in [0.4, 0.5) is 9.93 Å². The van der Waals surface area contributed by atoms with E-state index in [2.05, 4.69) is 20.5 Å². The molecule has 1 aliphatic rings. The molecule has 2 aromatic carbocycles. The number of hydrogen-bond donors (Lipinski definition) is 2. The van der Waals surface area contributed by atoms with Crippen LogP contribution in [0.5, 0.6) is 0 Å². The molecular weight excluding hydrogens is 472 g/mol. The van der Waals surface area contributed by atoms with Gasteiger partial charge in [-0.15, -0.1) is 0 Å². The number of fused-ring (bicyclic) bond motifs is 1. The van der Waals surface area contributed by atoms with Crippen LogP contribution < -0.4 is 10.6 Å². The summed E-state index contributed by atoms with van der Waals surface area (Å²) in [5, 5.41) is 5.18. The number of urea groups is 1. The SMILES string of the molecule is CN(CCS(=O)(=O)c1ccc2nc(NC(=O)NC(=O)c3ccccc3Cl)sc2c1)C1CC1. The normalized spacial score (nSPS) is 14.0. The molecule has 0 aliphatic heterocycles. The minimum absolute atomic E-state index is 0.0436. The Balaban J connectivity index is 1.42. The van der Waals surface area contributed by atoms with Gasteiger partial charge in [0.25, 0.3) is 5.91 Å². The molecule has 1 heterocycles. The average Bonchev–Trinajstić information content (AvgIpc) is 3.52. The van der Waals surface area contributed by atoms with Gasteiger partial charge in [0.15, 0.2) is 15.0 Å². The van der Waals surface area contributed by atoms with E-state index >= 15 is 0 Å². The Bertz CT molecular complexity index is 1290. The van der Waals surface area contributed by atoms with Crippen molar-refractivity contribution in [2.75, 3.05) is 24.7 Å². The maximum absolute atomic E-state index is 12.7. The van der Waals surface area contributed by atoms with Gasteiger partial charge in [-0.05, 0) is 50.2 Å². The van der Waals surface area contributed by atoms with E-state index in [1.807, 2.05) is 7.05 Å². The summed E-state index contributed by atoms with van der Waals surface area (Å²) in [7, 11) is -1.49. The highest BCUT2D eigenvalue weighted by atomic mass is 35.5. The summed E-state index contributed by atoms with van der Waals surface area (Å²) >= 11 is 7.10. The highest BCUT2D eigenvalue weighted by Gasteiger charge is 2.27. The Morgan fingerprint density at radius 3 is 2.69 bits per heavy atom. The minimum atomic E-state index is -3.44. The maximum atomic E-state index is 12.7. The smallest absolute Gasteiger partial charge is 0.302 e. The molecule has 1 aromatic heterocycles. The maximum Gasteiger partial charge on any atom is 0.327 e. The number of hydrogen-bond acceptors (Lipinski definition) is 7. The Morgan fingerprint density at radius 1 is 1.22 bits per heavy atom. The van der Waals surface area contributed by atoms with E-state index in [1.165, 1.54) is 12.1 Å². The monoisotopic (exact) mass is 492 g/mol. The number of thiazole rings is 1. The number of sulfone groups is 1. The number of nitrogens with zero attached hydrogens (tertiary/aromatic N) is 2. The molecule has 2 N–H and O–H groups in total. The summed E-state index contributed by atoms with van der Waals surface area (Å²) in [6.07, 6.45) is 2.24. The first-order chi connectivity index (χ1) is 15.2. The van der Waals surface area contributed by atoms with E-state index in [1.54, 1.807) is 30.3 Å². The highest BCUT2D eigenvalue weighted by molar-refractivity contribution is 7.91. The number of amides is 3. The largest absolute Gasteiger partial charge is 0.327 e. The Kier molecular flexibility index (Phi) is 6.47. The van der Waals surface area contributed by atoms with Crippen LogP contribution in [-0.2, 0) is 9.84 Å². The lowest BCUT2D eigenvalue weighted by Crippen LogP contribution is -2.34. The summed E-state index contributed by atoms with van der Waals surface area (Å²) in [5.74, 6) is -0.596. The van der Waals surface area contributed by atoms with Gasteiger partial charge in [-0.3, -0.25) is 15.4 Å². The van der Waals surface area contributed by atoms with Crippen LogP contribution in [0.15, 0.2) is 47.4 Å². The van der Waals surface area contributed by atoms with Crippen molar-refractivity contribution < 1.29 is 18.0 Å². The predicted octanol–water partition coefficient (Wildman–Crippen LogP) is 3.78. The van der Waals surface area contributed by atoms with E-state index < -0.39 is 21.8 Å². The summed E-state index contributed by atoms with van der Waals surface area (Å²) in [5.41, 5.74) is 0.729. The predicted molar refractivity (Wildman–Crippen MR) is 125 cm³/mol. The molecular formula is C21H21ClN4O4S2. The fourth-order valence-electron chi connectivity index (χ4n) is 3.18. The van der Waals surface area contributed by atoms with Gasteiger partial charge in [0.05, 0.1) is 31.5 Å². The van der Waals surface area contributed by atoms with Gasteiger partial charge in [0, 0.05) is 12.6 Å². The van der Waals surface area contributed by atoms with E-state index in [4.69, 9.17) is 11.6 Å². The molecule has 0 radical (unpaired) electrons. The molecule has 0 atom stereocenters. The number of anilines is 1. The first-order valence-corrected chi connectivity index (χ1v) is 12.8. The minimum Gasteiger partial charge on any atom is -0.302 e. The van der Waals surface area contributed by atoms with Gasteiger partial charge in [-0.25, -0.2) is 18.2 Å². The molecule has 0 spiro atoms. The van der Waals surface area contributed by atoms with Gasteiger partial charge in [-0.1, -0.05) is 35.1 Å². The summed E-state index contributed by atoms with van der Waals surface area (Å²) < 4.78 is 26.1. The second-order valence-electron chi connectivity index (χ2n) is 7.57. The van der Waals surface area contributed by atoms with Crippen LogP contribution >= 0.6 is 22.9 Å². The van der Waals surface area contributed by atoms with Crippen molar-refractivity contribution in [2.45, 2.75) is 23.8 Å². The van der Waals surface area contributed by atoms with Crippen molar-refractivity contribution in [3.05, 3.63) is 53.1 Å².